The number of rotatable bonds is 5. The number of fused-ring (bicyclic) bond motifs is 1. The zero-order chi connectivity index (χ0) is 16.9. The highest BCUT2D eigenvalue weighted by atomic mass is 16.2. The number of likely N-dealkylation sites (tertiary alicyclic amines) is 1. The molecule has 1 fully saturated rings. The summed E-state index contributed by atoms with van der Waals surface area (Å²) in [6.07, 6.45) is 3.96. The molecular formula is C18H24N4O2. The van der Waals surface area contributed by atoms with Crippen LogP contribution in [0.25, 0.3) is 10.9 Å². The number of aromatic nitrogens is 2. The van der Waals surface area contributed by atoms with Crippen molar-refractivity contribution in [2.75, 3.05) is 26.2 Å². The van der Waals surface area contributed by atoms with Gasteiger partial charge in [0.1, 0.15) is 6.54 Å². The topological polar surface area (TPSA) is 67.2 Å². The Morgan fingerprint density at radius 3 is 3.04 bits per heavy atom. The summed E-state index contributed by atoms with van der Waals surface area (Å²) in [4.78, 5) is 31.1. The molecule has 1 aromatic heterocycles. The van der Waals surface area contributed by atoms with Crippen molar-refractivity contribution >= 4 is 16.8 Å². The molecular weight excluding hydrogens is 304 g/mol. The van der Waals surface area contributed by atoms with E-state index in [1.165, 1.54) is 23.7 Å². The highest BCUT2D eigenvalue weighted by Gasteiger charge is 2.16. The fraction of sp³-hybridized carbons (Fsp3) is 0.500. The SMILES string of the molecule is C[C@H]1CCCN(CCNC(=O)Cn2cnc3ccccc3c2=O)C1. The van der Waals surface area contributed by atoms with Gasteiger partial charge in [0.05, 0.1) is 17.2 Å². The Bertz CT molecular complexity index is 771. The molecule has 2 aromatic rings. The van der Waals surface area contributed by atoms with Crippen LogP contribution in [-0.4, -0.2) is 46.5 Å². The minimum atomic E-state index is -0.180. The van der Waals surface area contributed by atoms with Crippen molar-refractivity contribution < 1.29 is 4.79 Å². The second kappa shape index (κ2) is 7.57. The molecule has 24 heavy (non-hydrogen) atoms. The molecule has 2 heterocycles. The zero-order valence-corrected chi connectivity index (χ0v) is 14.1. The number of nitrogens with one attached hydrogen (secondary N) is 1. The molecule has 0 unspecified atom stereocenters. The number of para-hydroxylation sites is 1. The highest BCUT2D eigenvalue weighted by Crippen LogP contribution is 2.14. The smallest absolute Gasteiger partial charge is 0.261 e. The van der Waals surface area contributed by atoms with Gasteiger partial charge >= 0.3 is 0 Å². The molecule has 1 amide bonds. The maximum Gasteiger partial charge on any atom is 0.261 e. The summed E-state index contributed by atoms with van der Waals surface area (Å²) >= 11 is 0. The fourth-order valence-corrected chi connectivity index (χ4v) is 3.27. The normalized spacial score (nSPS) is 18.6. The lowest BCUT2D eigenvalue weighted by molar-refractivity contribution is -0.121. The lowest BCUT2D eigenvalue weighted by atomic mass is 10.0. The van der Waals surface area contributed by atoms with Crippen molar-refractivity contribution in [3.63, 3.8) is 0 Å². The van der Waals surface area contributed by atoms with Crippen LogP contribution in [0.3, 0.4) is 0 Å². The summed E-state index contributed by atoms with van der Waals surface area (Å²) in [6, 6.07) is 7.17. The van der Waals surface area contributed by atoms with Gasteiger partial charge in [0.2, 0.25) is 5.91 Å². The maximum atomic E-state index is 12.4. The lowest BCUT2D eigenvalue weighted by Gasteiger charge is -2.30. The summed E-state index contributed by atoms with van der Waals surface area (Å²) in [6.45, 7) is 5.96. The maximum absolute atomic E-state index is 12.4. The molecule has 0 bridgehead atoms. The monoisotopic (exact) mass is 328 g/mol. The number of benzene rings is 1. The number of piperidine rings is 1. The van der Waals surface area contributed by atoms with E-state index in [2.05, 4.69) is 22.1 Å². The summed E-state index contributed by atoms with van der Waals surface area (Å²) in [5, 5.41) is 3.44. The van der Waals surface area contributed by atoms with Crippen LogP contribution in [0.2, 0.25) is 0 Å². The molecule has 0 spiro atoms. The minimum Gasteiger partial charge on any atom is -0.353 e. The van der Waals surface area contributed by atoms with Crippen molar-refractivity contribution in [1.82, 2.24) is 19.8 Å². The van der Waals surface area contributed by atoms with Crippen LogP contribution in [0.5, 0.6) is 0 Å². The number of hydrogen-bond donors (Lipinski definition) is 1. The third-order valence-electron chi connectivity index (χ3n) is 4.54. The van der Waals surface area contributed by atoms with Crippen molar-refractivity contribution in [3.05, 3.63) is 40.9 Å². The minimum absolute atomic E-state index is 0.00701. The Kier molecular flexibility index (Phi) is 5.25. The van der Waals surface area contributed by atoms with Gasteiger partial charge in [-0.15, -0.1) is 0 Å². The Labute approximate surface area is 141 Å². The number of carbonyl (C=O) groups excluding carboxylic acids is 1. The summed E-state index contributed by atoms with van der Waals surface area (Å²) < 4.78 is 1.36. The van der Waals surface area contributed by atoms with Crippen LogP contribution in [0.15, 0.2) is 35.4 Å². The average Bonchev–Trinajstić information content (AvgIpc) is 2.58. The average molecular weight is 328 g/mol. The van der Waals surface area contributed by atoms with E-state index in [-0.39, 0.29) is 18.0 Å². The third kappa shape index (κ3) is 4.00. The molecule has 0 radical (unpaired) electrons. The van der Waals surface area contributed by atoms with Crippen molar-refractivity contribution in [2.24, 2.45) is 5.92 Å². The molecule has 1 N–H and O–H groups in total. The van der Waals surface area contributed by atoms with E-state index in [1.807, 2.05) is 6.07 Å². The summed E-state index contributed by atoms with van der Waals surface area (Å²) in [5.74, 6) is 0.580. The fourth-order valence-electron chi connectivity index (χ4n) is 3.27. The van der Waals surface area contributed by atoms with E-state index >= 15 is 0 Å². The van der Waals surface area contributed by atoms with Gasteiger partial charge in [-0.2, -0.15) is 0 Å². The van der Waals surface area contributed by atoms with Crippen LogP contribution >= 0.6 is 0 Å². The molecule has 6 heteroatoms. The molecule has 1 atom stereocenters. The quantitative estimate of drug-likeness (QED) is 0.897. The van der Waals surface area contributed by atoms with Gasteiger partial charge in [-0.1, -0.05) is 19.1 Å². The molecule has 1 aliphatic heterocycles. The Morgan fingerprint density at radius 1 is 1.38 bits per heavy atom. The van der Waals surface area contributed by atoms with Crippen molar-refractivity contribution in [1.29, 1.82) is 0 Å². The van der Waals surface area contributed by atoms with Crippen LogP contribution in [-0.2, 0) is 11.3 Å². The molecule has 1 saturated heterocycles. The van der Waals surface area contributed by atoms with E-state index in [4.69, 9.17) is 0 Å². The third-order valence-corrected chi connectivity index (χ3v) is 4.54. The summed E-state index contributed by atoms with van der Waals surface area (Å²) in [5.41, 5.74) is 0.471. The van der Waals surface area contributed by atoms with Crippen LogP contribution in [0.4, 0.5) is 0 Å². The predicted molar refractivity (Wildman–Crippen MR) is 93.9 cm³/mol. The standard InChI is InChI=1S/C18H24N4O2/c1-14-5-4-9-21(11-14)10-8-19-17(23)12-22-13-20-16-7-3-2-6-15(16)18(22)24/h2-3,6-7,13-14H,4-5,8-12H2,1H3,(H,19,23)/t14-/m0/s1. The molecule has 1 aromatic carbocycles. The van der Waals surface area contributed by atoms with Crippen molar-refractivity contribution in [2.45, 2.75) is 26.3 Å². The van der Waals surface area contributed by atoms with Gasteiger partial charge in [-0.05, 0) is 37.4 Å². The highest BCUT2D eigenvalue weighted by molar-refractivity contribution is 5.78. The number of nitrogens with zero attached hydrogens (tertiary/aromatic N) is 3. The number of hydrogen-bond acceptors (Lipinski definition) is 4. The first-order chi connectivity index (χ1) is 11.6. The first kappa shape index (κ1) is 16.6. The van der Waals surface area contributed by atoms with E-state index in [9.17, 15) is 9.59 Å². The second-order valence-electron chi connectivity index (χ2n) is 6.59. The van der Waals surface area contributed by atoms with Crippen LogP contribution < -0.4 is 10.9 Å². The van der Waals surface area contributed by atoms with Gasteiger partial charge in [-0.3, -0.25) is 14.2 Å². The largest absolute Gasteiger partial charge is 0.353 e. The Morgan fingerprint density at radius 2 is 2.21 bits per heavy atom. The molecule has 0 saturated carbocycles. The summed E-state index contributed by atoms with van der Waals surface area (Å²) in [7, 11) is 0. The molecule has 0 aliphatic carbocycles. The first-order valence-corrected chi connectivity index (χ1v) is 8.57. The van der Waals surface area contributed by atoms with Gasteiger partial charge in [0.25, 0.3) is 5.56 Å². The van der Waals surface area contributed by atoms with Gasteiger partial charge < -0.3 is 10.2 Å². The van der Waals surface area contributed by atoms with E-state index in [0.29, 0.717) is 17.4 Å². The second-order valence-corrected chi connectivity index (χ2v) is 6.59. The predicted octanol–water partition coefficient (Wildman–Crippen LogP) is 1.24. The Balaban J connectivity index is 1.53. The molecule has 1 aliphatic rings. The van der Waals surface area contributed by atoms with E-state index in [0.717, 1.165) is 25.6 Å². The zero-order valence-electron chi connectivity index (χ0n) is 14.1. The van der Waals surface area contributed by atoms with Crippen LogP contribution in [0.1, 0.15) is 19.8 Å². The van der Waals surface area contributed by atoms with Gasteiger partial charge in [-0.25, -0.2) is 4.98 Å². The number of carbonyl (C=O) groups is 1. The first-order valence-electron chi connectivity index (χ1n) is 8.57. The van der Waals surface area contributed by atoms with E-state index in [1.54, 1.807) is 18.2 Å². The lowest BCUT2D eigenvalue weighted by Crippen LogP contribution is -2.41. The van der Waals surface area contributed by atoms with Gasteiger partial charge in [0, 0.05) is 19.6 Å². The molecule has 6 nitrogen and oxygen atoms in total. The Hall–Kier alpha value is -2.21. The van der Waals surface area contributed by atoms with Crippen molar-refractivity contribution in [3.8, 4) is 0 Å². The number of amides is 1. The van der Waals surface area contributed by atoms with Gasteiger partial charge in [0.15, 0.2) is 0 Å². The molecule has 128 valence electrons. The molecule has 3 rings (SSSR count). The van der Waals surface area contributed by atoms with Crippen LogP contribution in [0, 0.1) is 5.92 Å². The van der Waals surface area contributed by atoms with E-state index < -0.39 is 0 Å².